The SMILES string of the molecule is Cc1ccc(/C=C2\CC2C)cc1. The van der Waals surface area contributed by atoms with E-state index in [0.717, 1.165) is 5.92 Å². The lowest BCUT2D eigenvalue weighted by atomic mass is 10.1. The highest BCUT2D eigenvalue weighted by atomic mass is 14.3. The van der Waals surface area contributed by atoms with Crippen molar-refractivity contribution >= 4 is 6.08 Å². The third-order valence-electron chi connectivity index (χ3n) is 2.44. The maximum atomic E-state index is 2.31. The zero-order valence-electron chi connectivity index (χ0n) is 7.67. The van der Waals surface area contributed by atoms with Crippen LogP contribution in [0.5, 0.6) is 0 Å². The summed E-state index contributed by atoms with van der Waals surface area (Å²) in [6, 6.07) is 8.71. The van der Waals surface area contributed by atoms with Gasteiger partial charge in [-0.3, -0.25) is 0 Å². The molecule has 0 spiro atoms. The minimum absolute atomic E-state index is 0.839. The first-order valence-electron chi connectivity index (χ1n) is 4.53. The van der Waals surface area contributed by atoms with E-state index in [0.29, 0.717) is 0 Å². The lowest BCUT2D eigenvalue weighted by molar-refractivity contribution is 1.02. The van der Waals surface area contributed by atoms with Gasteiger partial charge in [-0.15, -0.1) is 0 Å². The van der Waals surface area contributed by atoms with Crippen LogP contribution in [0.2, 0.25) is 0 Å². The third-order valence-corrected chi connectivity index (χ3v) is 2.44. The van der Waals surface area contributed by atoms with Gasteiger partial charge in [0.25, 0.3) is 0 Å². The molecule has 1 fully saturated rings. The molecular weight excluding hydrogens is 144 g/mol. The standard InChI is InChI=1S/C12H14/c1-9-3-5-11(6-4-9)8-12-7-10(12)2/h3-6,8,10H,7H2,1-2H3/b12-8+. The van der Waals surface area contributed by atoms with E-state index in [9.17, 15) is 0 Å². The van der Waals surface area contributed by atoms with Gasteiger partial charge >= 0.3 is 0 Å². The lowest BCUT2D eigenvalue weighted by Gasteiger charge is -1.93. The number of hydrogen-bond acceptors (Lipinski definition) is 0. The molecule has 1 aliphatic rings. The molecule has 0 N–H and O–H groups in total. The summed E-state index contributed by atoms with van der Waals surface area (Å²) < 4.78 is 0. The van der Waals surface area contributed by atoms with Gasteiger partial charge in [0.1, 0.15) is 0 Å². The molecular formula is C12H14. The summed E-state index contributed by atoms with van der Waals surface area (Å²) >= 11 is 0. The Hall–Kier alpha value is -1.04. The van der Waals surface area contributed by atoms with Crippen LogP contribution in [-0.4, -0.2) is 0 Å². The van der Waals surface area contributed by atoms with Crippen LogP contribution in [0, 0.1) is 12.8 Å². The second kappa shape index (κ2) is 2.78. The highest BCUT2D eigenvalue weighted by Gasteiger charge is 2.23. The van der Waals surface area contributed by atoms with Crippen molar-refractivity contribution in [3.05, 3.63) is 41.0 Å². The first kappa shape index (κ1) is 7.60. The number of hydrogen-bond donors (Lipinski definition) is 0. The Kier molecular flexibility index (Phi) is 1.76. The van der Waals surface area contributed by atoms with Crippen molar-refractivity contribution in [2.24, 2.45) is 5.92 Å². The maximum Gasteiger partial charge on any atom is -0.0191 e. The molecule has 1 aromatic rings. The van der Waals surface area contributed by atoms with E-state index in [1.54, 1.807) is 5.57 Å². The van der Waals surface area contributed by atoms with E-state index in [1.807, 2.05) is 0 Å². The zero-order valence-corrected chi connectivity index (χ0v) is 7.67. The normalized spacial score (nSPS) is 24.5. The van der Waals surface area contributed by atoms with Gasteiger partial charge < -0.3 is 0 Å². The molecule has 0 bridgehead atoms. The van der Waals surface area contributed by atoms with E-state index >= 15 is 0 Å². The minimum atomic E-state index is 0.839. The molecule has 0 heteroatoms. The van der Waals surface area contributed by atoms with Gasteiger partial charge in [-0.05, 0) is 24.8 Å². The van der Waals surface area contributed by atoms with E-state index in [1.165, 1.54) is 17.5 Å². The average Bonchev–Trinajstić information content (AvgIpc) is 2.72. The largest absolute Gasteiger partial charge is 0.0659 e. The molecule has 0 nitrogen and oxygen atoms in total. The Balaban J connectivity index is 2.20. The maximum absolute atomic E-state index is 2.31. The van der Waals surface area contributed by atoms with Crippen LogP contribution in [0.15, 0.2) is 29.8 Å². The summed E-state index contributed by atoms with van der Waals surface area (Å²) in [7, 11) is 0. The average molecular weight is 158 g/mol. The van der Waals surface area contributed by atoms with Crippen molar-refractivity contribution < 1.29 is 0 Å². The van der Waals surface area contributed by atoms with Crippen molar-refractivity contribution in [3.8, 4) is 0 Å². The molecule has 62 valence electrons. The molecule has 1 saturated carbocycles. The fraction of sp³-hybridized carbons (Fsp3) is 0.333. The van der Waals surface area contributed by atoms with Crippen LogP contribution in [0.4, 0.5) is 0 Å². The van der Waals surface area contributed by atoms with Gasteiger partial charge in [0, 0.05) is 0 Å². The number of allylic oxidation sites excluding steroid dienone is 1. The molecule has 0 saturated heterocycles. The molecule has 0 radical (unpaired) electrons. The molecule has 1 aromatic carbocycles. The van der Waals surface area contributed by atoms with Crippen LogP contribution in [0.25, 0.3) is 6.08 Å². The minimum Gasteiger partial charge on any atom is -0.0659 e. The van der Waals surface area contributed by atoms with Crippen LogP contribution in [0.3, 0.4) is 0 Å². The van der Waals surface area contributed by atoms with Crippen molar-refractivity contribution in [3.63, 3.8) is 0 Å². The van der Waals surface area contributed by atoms with Crippen LogP contribution >= 0.6 is 0 Å². The molecule has 0 aromatic heterocycles. The highest BCUT2D eigenvalue weighted by molar-refractivity contribution is 5.57. The fourth-order valence-corrected chi connectivity index (χ4v) is 1.37. The van der Waals surface area contributed by atoms with E-state index in [2.05, 4.69) is 44.2 Å². The Labute approximate surface area is 73.9 Å². The van der Waals surface area contributed by atoms with Gasteiger partial charge in [-0.25, -0.2) is 0 Å². The number of rotatable bonds is 1. The summed E-state index contributed by atoms with van der Waals surface area (Å²) in [5.74, 6) is 0.839. The quantitative estimate of drug-likeness (QED) is 0.587. The second-order valence-electron chi connectivity index (χ2n) is 3.74. The molecule has 1 atom stereocenters. The van der Waals surface area contributed by atoms with Crippen molar-refractivity contribution in [2.75, 3.05) is 0 Å². The number of benzene rings is 1. The number of aryl methyl sites for hydroxylation is 1. The van der Waals surface area contributed by atoms with E-state index < -0.39 is 0 Å². The molecule has 1 aliphatic carbocycles. The first-order valence-corrected chi connectivity index (χ1v) is 4.53. The Morgan fingerprint density at radius 3 is 2.33 bits per heavy atom. The van der Waals surface area contributed by atoms with Gasteiger partial charge in [-0.2, -0.15) is 0 Å². The first-order chi connectivity index (χ1) is 5.75. The molecule has 2 rings (SSSR count). The Morgan fingerprint density at radius 1 is 1.25 bits per heavy atom. The van der Waals surface area contributed by atoms with Crippen molar-refractivity contribution in [1.29, 1.82) is 0 Å². The summed E-state index contributed by atoms with van der Waals surface area (Å²) in [6.07, 6.45) is 3.61. The summed E-state index contributed by atoms with van der Waals surface area (Å²) in [5, 5.41) is 0. The fourth-order valence-electron chi connectivity index (χ4n) is 1.37. The Bertz CT molecular complexity index is 303. The summed E-state index contributed by atoms with van der Waals surface area (Å²) in [6.45, 7) is 4.40. The summed E-state index contributed by atoms with van der Waals surface area (Å²) in [4.78, 5) is 0. The van der Waals surface area contributed by atoms with Gasteiger partial charge in [0.2, 0.25) is 0 Å². The van der Waals surface area contributed by atoms with Crippen LogP contribution in [0.1, 0.15) is 24.5 Å². The zero-order chi connectivity index (χ0) is 8.55. The molecule has 12 heavy (non-hydrogen) atoms. The predicted octanol–water partition coefficient (Wildman–Crippen LogP) is 3.42. The van der Waals surface area contributed by atoms with Crippen molar-refractivity contribution in [1.82, 2.24) is 0 Å². The van der Waals surface area contributed by atoms with Crippen LogP contribution in [-0.2, 0) is 0 Å². The smallest absolute Gasteiger partial charge is 0.0191 e. The second-order valence-corrected chi connectivity index (χ2v) is 3.74. The van der Waals surface area contributed by atoms with Crippen molar-refractivity contribution in [2.45, 2.75) is 20.3 Å². The molecule has 0 heterocycles. The topological polar surface area (TPSA) is 0 Å². The molecule has 0 aliphatic heterocycles. The van der Waals surface area contributed by atoms with E-state index in [-0.39, 0.29) is 0 Å². The third kappa shape index (κ3) is 1.58. The van der Waals surface area contributed by atoms with E-state index in [4.69, 9.17) is 0 Å². The summed E-state index contributed by atoms with van der Waals surface area (Å²) in [5.41, 5.74) is 4.28. The molecule has 0 amide bonds. The Morgan fingerprint density at radius 2 is 1.83 bits per heavy atom. The predicted molar refractivity (Wildman–Crippen MR) is 52.9 cm³/mol. The van der Waals surface area contributed by atoms with Gasteiger partial charge in [-0.1, -0.05) is 48.4 Å². The monoisotopic (exact) mass is 158 g/mol. The van der Waals surface area contributed by atoms with Gasteiger partial charge in [0.15, 0.2) is 0 Å². The van der Waals surface area contributed by atoms with Gasteiger partial charge in [0.05, 0.1) is 0 Å². The van der Waals surface area contributed by atoms with Crippen LogP contribution < -0.4 is 0 Å². The molecule has 1 unspecified atom stereocenters. The lowest BCUT2D eigenvalue weighted by Crippen LogP contribution is -1.73. The highest BCUT2D eigenvalue weighted by Crippen LogP contribution is 2.38.